The lowest BCUT2D eigenvalue weighted by Crippen LogP contribution is -2.46. The second kappa shape index (κ2) is 14.4. The maximum atomic E-state index is 13.4. The molecule has 7 nitrogen and oxygen atoms in total. The molecule has 0 amide bonds. The summed E-state index contributed by atoms with van der Waals surface area (Å²) in [7, 11) is 0. The van der Waals surface area contributed by atoms with Gasteiger partial charge in [0.05, 0.1) is 13.0 Å². The minimum atomic E-state index is -1.75. The normalized spacial score (nSPS) is 19.6. The molecule has 7 heteroatoms. The first-order valence-electron chi connectivity index (χ1n) is 13.5. The summed E-state index contributed by atoms with van der Waals surface area (Å²) in [5.41, 5.74) is 0.0244. The van der Waals surface area contributed by atoms with Gasteiger partial charge in [-0.3, -0.25) is 4.79 Å². The zero-order chi connectivity index (χ0) is 28.3. The highest BCUT2D eigenvalue weighted by Gasteiger charge is 2.42. The molecule has 0 spiro atoms. The number of benzene rings is 2. The first kappa shape index (κ1) is 29.8. The Labute approximate surface area is 230 Å². The highest BCUT2D eigenvalue weighted by molar-refractivity contribution is 5.90. The Morgan fingerprint density at radius 1 is 0.923 bits per heavy atom. The maximum Gasteiger partial charge on any atom is 0.364 e. The van der Waals surface area contributed by atoms with Crippen molar-refractivity contribution < 1.29 is 33.3 Å². The van der Waals surface area contributed by atoms with Gasteiger partial charge in [0.25, 0.3) is 0 Å². The number of esters is 3. The number of rotatable bonds is 13. The summed E-state index contributed by atoms with van der Waals surface area (Å²) in [6, 6.07) is 16.4. The Morgan fingerprint density at radius 3 is 2.21 bits per heavy atom. The molecular weight excluding hydrogens is 496 g/mol. The molecule has 2 atom stereocenters. The zero-order valence-electron chi connectivity index (χ0n) is 23.1. The van der Waals surface area contributed by atoms with Crippen molar-refractivity contribution in [1.82, 2.24) is 0 Å². The van der Waals surface area contributed by atoms with Crippen LogP contribution in [0.1, 0.15) is 57.6 Å². The molecule has 208 valence electrons. The lowest BCUT2D eigenvalue weighted by Gasteiger charge is -2.30. The summed E-state index contributed by atoms with van der Waals surface area (Å²) in [4.78, 5) is 38.4. The predicted octanol–water partition coefficient (Wildman–Crippen LogP) is 5.73. The Bertz CT molecular complexity index is 1140. The average Bonchev–Trinajstić information content (AvgIpc) is 2.96. The maximum absolute atomic E-state index is 13.4. The van der Waals surface area contributed by atoms with E-state index >= 15 is 0 Å². The molecule has 39 heavy (non-hydrogen) atoms. The molecule has 0 N–H and O–H groups in total. The topological polar surface area (TPSA) is 88.1 Å². The molecule has 0 bridgehead atoms. The van der Waals surface area contributed by atoms with Gasteiger partial charge in [0.1, 0.15) is 5.75 Å². The first-order valence-corrected chi connectivity index (χ1v) is 13.5. The Hall–Kier alpha value is -3.71. The summed E-state index contributed by atoms with van der Waals surface area (Å²) in [5, 5.41) is 0. The van der Waals surface area contributed by atoms with E-state index in [0.717, 1.165) is 24.0 Å². The molecule has 2 aromatic carbocycles. The van der Waals surface area contributed by atoms with Gasteiger partial charge in [0.2, 0.25) is 5.60 Å². The molecule has 0 unspecified atom stereocenters. The highest BCUT2D eigenvalue weighted by atomic mass is 16.6. The van der Waals surface area contributed by atoms with Crippen molar-refractivity contribution in [2.45, 2.75) is 64.6 Å². The molecule has 0 fully saturated rings. The van der Waals surface area contributed by atoms with Gasteiger partial charge in [-0.1, -0.05) is 81.8 Å². The van der Waals surface area contributed by atoms with E-state index in [4.69, 9.17) is 18.9 Å². The van der Waals surface area contributed by atoms with Crippen LogP contribution >= 0.6 is 0 Å². The minimum Gasteiger partial charge on any atom is -0.465 e. The molecule has 0 saturated heterocycles. The fourth-order valence-corrected chi connectivity index (χ4v) is 3.80. The summed E-state index contributed by atoms with van der Waals surface area (Å²) >= 11 is 0. The Balaban J connectivity index is 1.72. The second-order valence-electron chi connectivity index (χ2n) is 9.79. The number of hydrogen-bond acceptors (Lipinski definition) is 7. The zero-order valence-corrected chi connectivity index (χ0v) is 23.1. The molecule has 0 saturated carbocycles. The average molecular weight is 535 g/mol. The number of hydrogen-bond donors (Lipinski definition) is 0. The predicted molar refractivity (Wildman–Crippen MR) is 148 cm³/mol. The minimum absolute atomic E-state index is 0.0843. The molecular formula is C32H38O7. The third-order valence-electron chi connectivity index (χ3n) is 6.49. The van der Waals surface area contributed by atoms with Crippen molar-refractivity contribution in [1.29, 1.82) is 0 Å². The highest BCUT2D eigenvalue weighted by Crippen LogP contribution is 2.31. The van der Waals surface area contributed by atoms with Crippen LogP contribution in [0.4, 0.5) is 0 Å². The van der Waals surface area contributed by atoms with Crippen molar-refractivity contribution in [3.05, 3.63) is 90.0 Å². The van der Waals surface area contributed by atoms with Gasteiger partial charge in [0, 0.05) is 12.5 Å². The molecule has 0 aliphatic heterocycles. The third-order valence-corrected chi connectivity index (χ3v) is 6.49. The van der Waals surface area contributed by atoms with Gasteiger partial charge in [0.15, 0.2) is 6.10 Å². The standard InChI is InChI=1S/C32H38O7/c1-5-20-36-24(4)30(34)39-32(18-16-27(17-19-32)26-10-8-7-9-11-26)31(35)38-28-14-12-25(13-15-28)21-29(33)37-22-23(3)6-2/h7-19,23-24,27H,5-6,20-22H2,1-4H3/t23-,24-,27?,32?/m0/s1. The Kier molecular flexibility index (Phi) is 11.1. The first-order chi connectivity index (χ1) is 18.8. The van der Waals surface area contributed by atoms with Crippen LogP contribution in [0.5, 0.6) is 5.75 Å². The van der Waals surface area contributed by atoms with Crippen LogP contribution in [0, 0.1) is 5.92 Å². The van der Waals surface area contributed by atoms with E-state index in [0.29, 0.717) is 19.1 Å². The summed E-state index contributed by atoms with van der Waals surface area (Å²) < 4.78 is 22.2. The third kappa shape index (κ3) is 8.65. The molecule has 1 aliphatic carbocycles. The van der Waals surface area contributed by atoms with E-state index in [2.05, 4.69) is 0 Å². The fourth-order valence-electron chi connectivity index (χ4n) is 3.80. The van der Waals surface area contributed by atoms with Crippen LogP contribution in [0.3, 0.4) is 0 Å². The van der Waals surface area contributed by atoms with Gasteiger partial charge in [-0.2, -0.15) is 0 Å². The van der Waals surface area contributed by atoms with Gasteiger partial charge >= 0.3 is 17.9 Å². The Morgan fingerprint density at radius 2 is 1.59 bits per heavy atom. The quantitative estimate of drug-likeness (QED) is 0.184. The number of allylic oxidation sites excluding steroid dienone is 2. The molecule has 0 aromatic heterocycles. The molecule has 0 radical (unpaired) electrons. The molecule has 2 aromatic rings. The largest absolute Gasteiger partial charge is 0.465 e. The lowest BCUT2D eigenvalue weighted by molar-refractivity contribution is -0.174. The van der Waals surface area contributed by atoms with Crippen molar-refractivity contribution in [3.8, 4) is 5.75 Å². The van der Waals surface area contributed by atoms with Gasteiger partial charge < -0.3 is 18.9 Å². The van der Waals surface area contributed by atoms with Gasteiger partial charge in [-0.25, -0.2) is 9.59 Å². The van der Waals surface area contributed by atoms with Crippen LogP contribution < -0.4 is 4.74 Å². The fraction of sp³-hybridized carbons (Fsp3) is 0.406. The van der Waals surface area contributed by atoms with Crippen LogP contribution in [0.25, 0.3) is 0 Å². The van der Waals surface area contributed by atoms with Crippen molar-refractivity contribution >= 4 is 17.9 Å². The van der Waals surface area contributed by atoms with Crippen molar-refractivity contribution in [2.75, 3.05) is 13.2 Å². The van der Waals surface area contributed by atoms with E-state index in [9.17, 15) is 14.4 Å². The van der Waals surface area contributed by atoms with Crippen molar-refractivity contribution in [2.24, 2.45) is 5.92 Å². The van der Waals surface area contributed by atoms with E-state index in [1.165, 1.54) is 0 Å². The van der Waals surface area contributed by atoms with Crippen LogP contribution in [-0.4, -0.2) is 42.8 Å². The summed E-state index contributed by atoms with van der Waals surface area (Å²) in [6.45, 7) is 8.39. The van der Waals surface area contributed by atoms with Crippen LogP contribution in [0.15, 0.2) is 78.9 Å². The second-order valence-corrected chi connectivity index (χ2v) is 9.79. The summed E-state index contributed by atoms with van der Waals surface area (Å²) in [5.74, 6) is -1.26. The van der Waals surface area contributed by atoms with E-state index in [1.54, 1.807) is 43.3 Å². The summed E-state index contributed by atoms with van der Waals surface area (Å²) in [6.07, 6.45) is 7.70. The molecule has 1 aliphatic rings. The van der Waals surface area contributed by atoms with Crippen LogP contribution in [-0.2, 0) is 35.0 Å². The SMILES string of the molecule is CCCO[C@@H](C)C(=O)OC1(C(=O)Oc2ccc(CC(=O)OC[C@@H](C)CC)cc2)C=CC(c2ccccc2)C=C1. The van der Waals surface area contributed by atoms with Gasteiger partial charge in [-0.15, -0.1) is 0 Å². The molecule has 0 heterocycles. The van der Waals surface area contributed by atoms with E-state index in [1.807, 2.05) is 63.3 Å². The smallest absolute Gasteiger partial charge is 0.364 e. The monoisotopic (exact) mass is 534 g/mol. The van der Waals surface area contributed by atoms with E-state index < -0.39 is 23.6 Å². The van der Waals surface area contributed by atoms with Crippen LogP contribution in [0.2, 0.25) is 0 Å². The lowest BCUT2D eigenvalue weighted by atomic mass is 9.88. The number of carbonyl (C=O) groups is 3. The number of ether oxygens (including phenoxy) is 4. The molecule has 3 rings (SSSR count). The van der Waals surface area contributed by atoms with Crippen molar-refractivity contribution in [3.63, 3.8) is 0 Å². The van der Waals surface area contributed by atoms with E-state index in [-0.39, 0.29) is 24.1 Å². The van der Waals surface area contributed by atoms with Gasteiger partial charge in [-0.05, 0) is 54.7 Å². The number of carbonyl (C=O) groups excluding carboxylic acids is 3.